The summed E-state index contributed by atoms with van der Waals surface area (Å²) in [6, 6.07) is 10.6. The third-order valence-corrected chi connectivity index (χ3v) is 4.44. The first-order valence-electron chi connectivity index (χ1n) is 7.40. The molecule has 0 aromatic heterocycles. The van der Waals surface area contributed by atoms with Gasteiger partial charge in [-0.05, 0) is 37.7 Å². The second kappa shape index (κ2) is 5.89. The molecule has 0 fully saturated rings. The van der Waals surface area contributed by atoms with Gasteiger partial charge in [-0.25, -0.2) is 0 Å². The summed E-state index contributed by atoms with van der Waals surface area (Å²) in [6.07, 6.45) is 6.75. The first-order valence-corrected chi connectivity index (χ1v) is 7.40. The monoisotopic (exact) mass is 257 g/mol. The molecule has 19 heavy (non-hydrogen) atoms. The molecule has 102 valence electrons. The molecule has 1 atom stereocenters. The van der Waals surface area contributed by atoms with Crippen LogP contribution in [-0.2, 0) is 4.74 Å². The van der Waals surface area contributed by atoms with E-state index in [1.54, 1.807) is 11.1 Å². The molecule has 1 heterocycles. The lowest BCUT2D eigenvalue weighted by Gasteiger charge is -2.37. The molecule has 3 rings (SSSR count). The molecule has 0 spiro atoms. The third-order valence-electron chi connectivity index (χ3n) is 4.44. The fraction of sp³-hybridized carbons (Fsp3) is 0.529. The zero-order valence-electron chi connectivity index (χ0n) is 11.8. The van der Waals surface area contributed by atoms with E-state index in [1.807, 2.05) is 7.11 Å². The van der Waals surface area contributed by atoms with Crippen molar-refractivity contribution in [3.05, 3.63) is 47.0 Å². The summed E-state index contributed by atoms with van der Waals surface area (Å²) in [5, 5.41) is 0. The van der Waals surface area contributed by atoms with Gasteiger partial charge in [-0.1, -0.05) is 41.5 Å². The van der Waals surface area contributed by atoms with Crippen molar-refractivity contribution in [3.63, 3.8) is 0 Å². The highest BCUT2D eigenvalue weighted by atomic mass is 16.5. The number of hydrogen-bond donors (Lipinski definition) is 0. The number of benzene rings is 1. The van der Waals surface area contributed by atoms with Crippen LogP contribution in [0, 0.1) is 0 Å². The molecule has 1 aromatic rings. The van der Waals surface area contributed by atoms with Gasteiger partial charge in [-0.2, -0.15) is 0 Å². The van der Waals surface area contributed by atoms with E-state index in [2.05, 4.69) is 35.2 Å². The van der Waals surface area contributed by atoms with E-state index in [9.17, 15) is 0 Å². The van der Waals surface area contributed by atoms with Crippen molar-refractivity contribution in [2.75, 3.05) is 20.2 Å². The number of nitrogens with zero attached hydrogens (tertiary/aromatic N) is 1. The first kappa shape index (κ1) is 12.9. The Morgan fingerprint density at radius 3 is 2.47 bits per heavy atom. The van der Waals surface area contributed by atoms with E-state index in [0.29, 0.717) is 0 Å². The second-order valence-corrected chi connectivity index (χ2v) is 5.63. The fourth-order valence-electron chi connectivity index (χ4n) is 3.44. The van der Waals surface area contributed by atoms with Crippen LogP contribution >= 0.6 is 0 Å². The Morgan fingerprint density at radius 1 is 1.00 bits per heavy atom. The predicted molar refractivity (Wildman–Crippen MR) is 77.9 cm³/mol. The van der Waals surface area contributed by atoms with E-state index in [1.165, 1.54) is 37.7 Å². The highest BCUT2D eigenvalue weighted by molar-refractivity contribution is 5.24. The lowest BCUT2D eigenvalue weighted by atomic mass is 9.87. The van der Waals surface area contributed by atoms with E-state index < -0.39 is 0 Å². The minimum absolute atomic E-state index is 0.108. The van der Waals surface area contributed by atoms with Crippen molar-refractivity contribution < 1.29 is 4.74 Å². The molecule has 0 N–H and O–H groups in total. The molecule has 0 saturated carbocycles. The Hall–Kier alpha value is -1.12. The minimum Gasteiger partial charge on any atom is -0.362 e. The quantitative estimate of drug-likeness (QED) is 0.761. The van der Waals surface area contributed by atoms with Crippen LogP contribution in [0.4, 0.5) is 0 Å². The summed E-state index contributed by atoms with van der Waals surface area (Å²) in [6.45, 7) is 2.23. The Balaban J connectivity index is 1.77. The maximum absolute atomic E-state index is 5.76. The molecule has 2 aliphatic rings. The summed E-state index contributed by atoms with van der Waals surface area (Å²) < 4.78 is 5.76. The van der Waals surface area contributed by atoms with Crippen LogP contribution in [0.5, 0.6) is 0 Å². The highest BCUT2D eigenvalue weighted by Crippen LogP contribution is 2.34. The maximum Gasteiger partial charge on any atom is 0.136 e. The smallest absolute Gasteiger partial charge is 0.136 e. The van der Waals surface area contributed by atoms with Crippen molar-refractivity contribution in [1.82, 2.24) is 4.90 Å². The lowest BCUT2D eigenvalue weighted by Crippen LogP contribution is -2.36. The summed E-state index contributed by atoms with van der Waals surface area (Å²) >= 11 is 0. The van der Waals surface area contributed by atoms with Gasteiger partial charge in [0.25, 0.3) is 0 Å². The van der Waals surface area contributed by atoms with Gasteiger partial charge in [-0.3, -0.25) is 4.90 Å². The molecule has 0 radical (unpaired) electrons. The summed E-state index contributed by atoms with van der Waals surface area (Å²) in [5.74, 6) is 0. The number of rotatable bonds is 3. The van der Waals surface area contributed by atoms with Gasteiger partial charge in [0, 0.05) is 20.2 Å². The van der Waals surface area contributed by atoms with Gasteiger partial charge in [-0.15, -0.1) is 0 Å². The summed E-state index contributed by atoms with van der Waals surface area (Å²) in [5.41, 5.74) is 4.70. The van der Waals surface area contributed by atoms with Gasteiger partial charge in [0.15, 0.2) is 0 Å². The van der Waals surface area contributed by atoms with Crippen LogP contribution in [0.2, 0.25) is 0 Å². The zero-order valence-corrected chi connectivity index (χ0v) is 11.8. The normalized spacial score (nSPS) is 22.2. The van der Waals surface area contributed by atoms with Crippen LogP contribution in [0.1, 0.15) is 43.9 Å². The highest BCUT2D eigenvalue weighted by Gasteiger charge is 2.26. The van der Waals surface area contributed by atoms with Crippen molar-refractivity contribution in [3.8, 4) is 0 Å². The zero-order chi connectivity index (χ0) is 13.1. The molecule has 0 amide bonds. The van der Waals surface area contributed by atoms with Crippen LogP contribution < -0.4 is 0 Å². The standard InChI is InChI=1S/C17H23NO/c1-19-17(15-8-3-2-4-9-15)18-12-11-14-7-5-6-10-16(14)13-18/h2-4,8-9,17H,5-7,10-13H2,1H3. The SMILES string of the molecule is COC(c1ccccc1)N1CCC2=C(CCCC2)C1. The van der Waals surface area contributed by atoms with Crippen molar-refractivity contribution in [1.29, 1.82) is 0 Å². The van der Waals surface area contributed by atoms with Gasteiger partial charge in [0.1, 0.15) is 6.23 Å². The lowest BCUT2D eigenvalue weighted by molar-refractivity contribution is -0.0332. The molecule has 1 unspecified atom stereocenters. The number of hydrogen-bond acceptors (Lipinski definition) is 2. The minimum atomic E-state index is 0.108. The van der Waals surface area contributed by atoms with Gasteiger partial charge < -0.3 is 4.74 Å². The Kier molecular flexibility index (Phi) is 4.00. The van der Waals surface area contributed by atoms with Crippen LogP contribution in [0.25, 0.3) is 0 Å². The third kappa shape index (κ3) is 2.75. The van der Waals surface area contributed by atoms with E-state index in [4.69, 9.17) is 4.74 Å². The molecule has 0 saturated heterocycles. The topological polar surface area (TPSA) is 12.5 Å². The van der Waals surface area contributed by atoms with E-state index >= 15 is 0 Å². The molecular weight excluding hydrogens is 234 g/mol. The fourth-order valence-corrected chi connectivity index (χ4v) is 3.44. The largest absolute Gasteiger partial charge is 0.362 e. The molecule has 2 heteroatoms. The van der Waals surface area contributed by atoms with E-state index in [0.717, 1.165) is 13.1 Å². The average molecular weight is 257 g/mol. The van der Waals surface area contributed by atoms with Gasteiger partial charge in [0.2, 0.25) is 0 Å². The van der Waals surface area contributed by atoms with Crippen LogP contribution in [0.15, 0.2) is 41.5 Å². The second-order valence-electron chi connectivity index (χ2n) is 5.63. The maximum atomic E-state index is 5.76. The molecule has 1 aromatic carbocycles. The summed E-state index contributed by atoms with van der Waals surface area (Å²) in [7, 11) is 1.82. The molecule has 1 aliphatic heterocycles. The number of methoxy groups -OCH3 is 1. The number of ether oxygens (including phenoxy) is 1. The molecule has 0 bridgehead atoms. The van der Waals surface area contributed by atoms with Crippen molar-refractivity contribution >= 4 is 0 Å². The van der Waals surface area contributed by atoms with Gasteiger partial charge in [0.05, 0.1) is 0 Å². The Bertz CT molecular complexity index is 452. The van der Waals surface area contributed by atoms with Gasteiger partial charge >= 0.3 is 0 Å². The molecule has 2 nitrogen and oxygen atoms in total. The van der Waals surface area contributed by atoms with E-state index in [-0.39, 0.29) is 6.23 Å². The van der Waals surface area contributed by atoms with Crippen molar-refractivity contribution in [2.24, 2.45) is 0 Å². The molecular formula is C17H23NO. The van der Waals surface area contributed by atoms with Crippen LogP contribution in [-0.4, -0.2) is 25.1 Å². The Morgan fingerprint density at radius 2 is 1.74 bits per heavy atom. The first-order chi connectivity index (χ1) is 9.38. The van der Waals surface area contributed by atoms with Crippen molar-refractivity contribution in [2.45, 2.75) is 38.3 Å². The summed E-state index contributed by atoms with van der Waals surface area (Å²) in [4.78, 5) is 2.49. The average Bonchev–Trinajstić information content (AvgIpc) is 2.49. The molecule has 1 aliphatic carbocycles. The Labute approximate surface area is 116 Å². The predicted octanol–water partition coefficient (Wildman–Crippen LogP) is 3.91. The van der Waals surface area contributed by atoms with Crippen LogP contribution in [0.3, 0.4) is 0 Å².